The molecule has 0 saturated heterocycles. The number of likely N-dealkylation sites (N-methyl/N-ethyl adjacent to an activating group) is 1. The average molecular weight is 264 g/mol. The first-order valence-corrected chi connectivity index (χ1v) is 7.49. The molecule has 1 fully saturated rings. The lowest BCUT2D eigenvalue weighted by atomic mass is 9.96. The molecular weight excluding hydrogens is 244 g/mol. The van der Waals surface area contributed by atoms with Gasteiger partial charge in [0.15, 0.2) is 0 Å². The maximum Gasteiger partial charge on any atom is 0.233 e. The minimum absolute atomic E-state index is 0.0745. The van der Waals surface area contributed by atoms with Crippen molar-refractivity contribution in [3.05, 3.63) is 29.8 Å². The Hall–Kier alpha value is -1.00. The summed E-state index contributed by atoms with van der Waals surface area (Å²) in [6.07, 6.45) is 4.45. The van der Waals surface area contributed by atoms with Crippen LogP contribution in [0.15, 0.2) is 29.2 Å². The summed E-state index contributed by atoms with van der Waals surface area (Å²) in [5, 5.41) is 5.90. The number of amides is 1. The van der Waals surface area contributed by atoms with Crippen molar-refractivity contribution in [2.75, 3.05) is 26.4 Å². The number of carbonyl (C=O) groups is 1. The Kier molecular flexibility index (Phi) is 4.30. The highest BCUT2D eigenvalue weighted by Gasteiger charge is 2.45. The van der Waals surface area contributed by atoms with Gasteiger partial charge in [0.2, 0.25) is 5.91 Å². The van der Waals surface area contributed by atoms with Crippen LogP contribution in [0.4, 0.5) is 0 Å². The zero-order valence-corrected chi connectivity index (χ0v) is 11.8. The summed E-state index contributed by atoms with van der Waals surface area (Å²) in [4.78, 5) is 12.9. The van der Waals surface area contributed by atoms with Crippen LogP contribution in [-0.2, 0) is 10.2 Å². The molecule has 2 N–H and O–H groups in total. The summed E-state index contributed by atoms with van der Waals surface area (Å²) in [5.74, 6) is 0.0745. The Morgan fingerprint density at radius 1 is 1.39 bits per heavy atom. The summed E-state index contributed by atoms with van der Waals surface area (Å²) in [6, 6.07) is 8.52. The standard InChI is InChI=1S/C14H20N2OS/c1-15-9-13(17)16-10-14(7-8-14)11-5-3-4-6-12(11)18-2/h3-6,15H,7-10H2,1-2H3,(H,16,17). The minimum Gasteiger partial charge on any atom is -0.354 e. The van der Waals surface area contributed by atoms with Gasteiger partial charge in [-0.3, -0.25) is 4.79 Å². The largest absolute Gasteiger partial charge is 0.354 e. The number of carbonyl (C=O) groups excluding carboxylic acids is 1. The molecule has 1 aromatic rings. The van der Waals surface area contributed by atoms with Crippen molar-refractivity contribution >= 4 is 17.7 Å². The summed E-state index contributed by atoms with van der Waals surface area (Å²) in [7, 11) is 1.79. The van der Waals surface area contributed by atoms with Gasteiger partial charge in [-0.15, -0.1) is 11.8 Å². The normalized spacial score (nSPS) is 16.3. The predicted molar refractivity (Wildman–Crippen MR) is 76.1 cm³/mol. The van der Waals surface area contributed by atoms with Gasteiger partial charge in [-0.05, 0) is 37.8 Å². The number of hydrogen-bond donors (Lipinski definition) is 2. The molecular formula is C14H20N2OS. The molecule has 0 aromatic heterocycles. The molecule has 0 aliphatic heterocycles. The van der Waals surface area contributed by atoms with Crippen molar-refractivity contribution in [2.45, 2.75) is 23.2 Å². The van der Waals surface area contributed by atoms with E-state index in [0.29, 0.717) is 6.54 Å². The molecule has 2 rings (SSSR count). The molecule has 0 heterocycles. The van der Waals surface area contributed by atoms with Crippen LogP contribution >= 0.6 is 11.8 Å². The molecule has 0 bridgehead atoms. The average Bonchev–Trinajstić information content (AvgIpc) is 3.18. The second-order valence-electron chi connectivity index (χ2n) is 4.79. The quantitative estimate of drug-likeness (QED) is 0.770. The summed E-state index contributed by atoms with van der Waals surface area (Å²) >= 11 is 1.78. The fourth-order valence-corrected chi connectivity index (χ4v) is 2.98. The molecule has 1 amide bonds. The van der Waals surface area contributed by atoms with E-state index in [2.05, 4.69) is 41.2 Å². The predicted octanol–water partition coefficient (Wildman–Crippen LogP) is 1.78. The fraction of sp³-hybridized carbons (Fsp3) is 0.500. The van der Waals surface area contributed by atoms with Crippen LogP contribution in [0.1, 0.15) is 18.4 Å². The van der Waals surface area contributed by atoms with Gasteiger partial charge in [0.05, 0.1) is 6.54 Å². The number of rotatable bonds is 6. The van der Waals surface area contributed by atoms with E-state index in [1.165, 1.54) is 23.3 Å². The first-order valence-electron chi connectivity index (χ1n) is 6.27. The lowest BCUT2D eigenvalue weighted by Gasteiger charge is -2.19. The van der Waals surface area contributed by atoms with Crippen LogP contribution in [0, 0.1) is 0 Å². The van der Waals surface area contributed by atoms with Gasteiger partial charge in [-0.25, -0.2) is 0 Å². The van der Waals surface area contributed by atoms with Gasteiger partial charge in [0, 0.05) is 16.9 Å². The molecule has 1 saturated carbocycles. The van der Waals surface area contributed by atoms with E-state index < -0.39 is 0 Å². The molecule has 0 unspecified atom stereocenters. The highest BCUT2D eigenvalue weighted by atomic mass is 32.2. The molecule has 4 heteroatoms. The highest BCUT2D eigenvalue weighted by molar-refractivity contribution is 7.98. The second-order valence-corrected chi connectivity index (χ2v) is 5.64. The Morgan fingerprint density at radius 3 is 2.72 bits per heavy atom. The third-order valence-corrected chi connectivity index (χ3v) is 4.29. The van der Waals surface area contributed by atoms with Crippen molar-refractivity contribution in [1.29, 1.82) is 0 Å². The molecule has 0 spiro atoms. The van der Waals surface area contributed by atoms with E-state index >= 15 is 0 Å². The van der Waals surface area contributed by atoms with Gasteiger partial charge in [0.1, 0.15) is 0 Å². The van der Waals surface area contributed by atoms with Crippen LogP contribution in [0.5, 0.6) is 0 Å². The second kappa shape index (κ2) is 5.76. The summed E-state index contributed by atoms with van der Waals surface area (Å²) in [6.45, 7) is 1.14. The van der Waals surface area contributed by atoms with Crippen molar-refractivity contribution in [3.63, 3.8) is 0 Å². The molecule has 3 nitrogen and oxygen atoms in total. The molecule has 1 aromatic carbocycles. The van der Waals surface area contributed by atoms with Gasteiger partial charge < -0.3 is 10.6 Å². The monoisotopic (exact) mass is 264 g/mol. The van der Waals surface area contributed by atoms with Gasteiger partial charge in [-0.2, -0.15) is 0 Å². The summed E-state index contributed by atoms with van der Waals surface area (Å²) < 4.78 is 0. The van der Waals surface area contributed by atoms with E-state index in [0.717, 1.165) is 6.54 Å². The first kappa shape index (κ1) is 13.4. The molecule has 18 heavy (non-hydrogen) atoms. The van der Waals surface area contributed by atoms with Gasteiger partial charge in [-0.1, -0.05) is 18.2 Å². The van der Waals surface area contributed by atoms with Crippen LogP contribution in [0.3, 0.4) is 0 Å². The van der Waals surface area contributed by atoms with Gasteiger partial charge in [0.25, 0.3) is 0 Å². The minimum atomic E-state index is 0.0745. The smallest absolute Gasteiger partial charge is 0.233 e. The van der Waals surface area contributed by atoms with E-state index in [4.69, 9.17) is 0 Å². The molecule has 98 valence electrons. The van der Waals surface area contributed by atoms with Crippen molar-refractivity contribution in [1.82, 2.24) is 10.6 Å². The number of nitrogens with one attached hydrogen (secondary N) is 2. The lowest BCUT2D eigenvalue weighted by molar-refractivity contribution is -0.120. The Balaban J connectivity index is 2.05. The van der Waals surface area contributed by atoms with Crippen molar-refractivity contribution in [3.8, 4) is 0 Å². The van der Waals surface area contributed by atoms with Crippen LogP contribution in [0.25, 0.3) is 0 Å². The van der Waals surface area contributed by atoms with E-state index in [-0.39, 0.29) is 11.3 Å². The highest BCUT2D eigenvalue weighted by Crippen LogP contribution is 2.50. The van der Waals surface area contributed by atoms with Crippen molar-refractivity contribution in [2.24, 2.45) is 0 Å². The lowest BCUT2D eigenvalue weighted by Crippen LogP contribution is -2.37. The van der Waals surface area contributed by atoms with Gasteiger partial charge >= 0.3 is 0 Å². The SMILES string of the molecule is CNCC(=O)NCC1(c2ccccc2SC)CC1. The van der Waals surface area contributed by atoms with E-state index in [1.54, 1.807) is 18.8 Å². The van der Waals surface area contributed by atoms with Crippen LogP contribution < -0.4 is 10.6 Å². The maximum absolute atomic E-state index is 11.5. The molecule has 0 atom stereocenters. The maximum atomic E-state index is 11.5. The molecule has 1 aliphatic rings. The summed E-state index contributed by atoms with van der Waals surface area (Å²) in [5.41, 5.74) is 1.57. The zero-order chi connectivity index (χ0) is 13.0. The fourth-order valence-electron chi connectivity index (χ4n) is 2.27. The van der Waals surface area contributed by atoms with Crippen LogP contribution in [-0.4, -0.2) is 32.3 Å². The zero-order valence-electron chi connectivity index (χ0n) is 11.0. The Bertz CT molecular complexity index is 430. The first-order chi connectivity index (χ1) is 8.72. The van der Waals surface area contributed by atoms with Crippen LogP contribution in [0.2, 0.25) is 0 Å². The van der Waals surface area contributed by atoms with E-state index in [1.807, 2.05) is 0 Å². The Morgan fingerprint density at radius 2 is 2.11 bits per heavy atom. The molecule has 1 aliphatic carbocycles. The number of thioether (sulfide) groups is 1. The topological polar surface area (TPSA) is 41.1 Å². The Labute approximate surface area is 113 Å². The van der Waals surface area contributed by atoms with Crippen molar-refractivity contribution < 1.29 is 4.79 Å². The third kappa shape index (κ3) is 2.87. The van der Waals surface area contributed by atoms with E-state index in [9.17, 15) is 4.79 Å². The number of benzene rings is 1. The number of hydrogen-bond acceptors (Lipinski definition) is 3. The third-order valence-electron chi connectivity index (χ3n) is 3.49. The molecule has 0 radical (unpaired) electrons.